The first kappa shape index (κ1) is 14.2. The monoisotopic (exact) mass is 262 g/mol. The summed E-state index contributed by atoms with van der Waals surface area (Å²) in [5, 5.41) is 20.2. The van der Waals surface area contributed by atoms with Gasteiger partial charge in [0.1, 0.15) is 24.4 Å². The van der Waals surface area contributed by atoms with Gasteiger partial charge in [-0.25, -0.2) is 0 Å². The molecule has 0 unspecified atom stereocenters. The average molecular weight is 262 g/mol. The lowest BCUT2D eigenvalue weighted by atomic mass is 10.0. The summed E-state index contributed by atoms with van der Waals surface area (Å²) in [5.41, 5.74) is 0. The Kier molecular flexibility index (Phi) is 3.70. The number of hydrogen-bond acceptors (Lipinski definition) is 6. The Morgan fingerprint density at radius 1 is 0.833 bits per heavy atom. The van der Waals surface area contributed by atoms with Crippen molar-refractivity contribution < 1.29 is 29.2 Å². The highest BCUT2D eigenvalue weighted by Gasteiger charge is 2.45. The Hall–Kier alpha value is -0.240. The predicted molar refractivity (Wildman–Crippen MR) is 61.8 cm³/mol. The molecule has 0 amide bonds. The van der Waals surface area contributed by atoms with Crippen LogP contribution in [0.25, 0.3) is 0 Å². The normalized spacial score (nSPS) is 37.7. The topological polar surface area (TPSA) is 77.4 Å². The number of aliphatic hydroxyl groups excluding tert-OH is 2. The van der Waals surface area contributed by atoms with Gasteiger partial charge in [-0.3, -0.25) is 0 Å². The standard InChI is InChI=1S/C12H22O6/c1-11(2)15-5-7(17-11)9(13)10(14)8-6-16-12(3,4)18-8/h7-10,13-14H,5-6H2,1-4H3/t7-,8-,9-,10-/m0/s1. The zero-order chi connectivity index (χ0) is 13.6. The molecule has 2 heterocycles. The molecule has 2 rings (SSSR count). The third-order valence-corrected chi connectivity index (χ3v) is 3.17. The average Bonchev–Trinajstić information content (AvgIpc) is 2.79. The molecule has 4 atom stereocenters. The van der Waals surface area contributed by atoms with E-state index in [1.807, 2.05) is 0 Å². The zero-order valence-electron chi connectivity index (χ0n) is 11.3. The third-order valence-electron chi connectivity index (χ3n) is 3.17. The highest BCUT2D eigenvalue weighted by atomic mass is 16.8. The largest absolute Gasteiger partial charge is 0.387 e. The van der Waals surface area contributed by atoms with E-state index in [4.69, 9.17) is 18.9 Å². The fourth-order valence-corrected chi connectivity index (χ4v) is 2.21. The maximum Gasteiger partial charge on any atom is 0.163 e. The maximum atomic E-state index is 10.1. The number of rotatable bonds is 3. The van der Waals surface area contributed by atoms with Crippen molar-refractivity contribution in [2.24, 2.45) is 0 Å². The molecule has 6 heteroatoms. The van der Waals surface area contributed by atoms with Crippen LogP contribution in [0.3, 0.4) is 0 Å². The van der Waals surface area contributed by atoms with E-state index in [9.17, 15) is 10.2 Å². The Bertz CT molecular complexity index is 273. The molecule has 106 valence electrons. The Morgan fingerprint density at radius 3 is 1.39 bits per heavy atom. The quantitative estimate of drug-likeness (QED) is 0.746. The van der Waals surface area contributed by atoms with Crippen LogP contribution in [0.5, 0.6) is 0 Å². The molecule has 0 aromatic carbocycles. The molecule has 18 heavy (non-hydrogen) atoms. The van der Waals surface area contributed by atoms with Gasteiger partial charge in [-0.15, -0.1) is 0 Å². The van der Waals surface area contributed by atoms with Crippen LogP contribution in [-0.2, 0) is 18.9 Å². The van der Waals surface area contributed by atoms with E-state index < -0.39 is 36.0 Å². The fourth-order valence-electron chi connectivity index (χ4n) is 2.21. The van der Waals surface area contributed by atoms with E-state index in [1.165, 1.54) is 0 Å². The molecule has 2 aliphatic rings. The van der Waals surface area contributed by atoms with Crippen LogP contribution in [0, 0.1) is 0 Å². The molecule has 0 radical (unpaired) electrons. The van der Waals surface area contributed by atoms with Crippen molar-refractivity contribution in [1.82, 2.24) is 0 Å². The van der Waals surface area contributed by atoms with Crippen LogP contribution < -0.4 is 0 Å². The van der Waals surface area contributed by atoms with Crippen molar-refractivity contribution in [3.05, 3.63) is 0 Å². The second kappa shape index (κ2) is 4.70. The van der Waals surface area contributed by atoms with E-state index >= 15 is 0 Å². The molecule has 0 aromatic heterocycles. The molecule has 0 bridgehead atoms. The van der Waals surface area contributed by atoms with Gasteiger partial charge in [0.2, 0.25) is 0 Å². The first-order chi connectivity index (χ1) is 8.20. The van der Waals surface area contributed by atoms with Crippen molar-refractivity contribution >= 4 is 0 Å². The molecule has 6 nitrogen and oxygen atoms in total. The van der Waals surface area contributed by atoms with Crippen molar-refractivity contribution in [2.45, 2.75) is 63.7 Å². The van der Waals surface area contributed by atoms with Gasteiger partial charge in [0.05, 0.1) is 13.2 Å². The van der Waals surface area contributed by atoms with Crippen LogP contribution in [0.1, 0.15) is 27.7 Å². The molecule has 2 aliphatic heterocycles. The lowest BCUT2D eigenvalue weighted by Gasteiger charge is -2.27. The molecule has 2 saturated heterocycles. The first-order valence-electron chi connectivity index (χ1n) is 6.20. The molecular weight excluding hydrogens is 240 g/mol. The van der Waals surface area contributed by atoms with Crippen LogP contribution in [0.2, 0.25) is 0 Å². The van der Waals surface area contributed by atoms with Gasteiger partial charge in [-0.1, -0.05) is 0 Å². The zero-order valence-corrected chi connectivity index (χ0v) is 11.3. The Balaban J connectivity index is 1.92. The van der Waals surface area contributed by atoms with Crippen LogP contribution >= 0.6 is 0 Å². The second-order valence-electron chi connectivity index (χ2n) is 5.72. The smallest absolute Gasteiger partial charge is 0.163 e. The molecular formula is C12H22O6. The summed E-state index contributed by atoms with van der Waals surface area (Å²) in [5.74, 6) is -1.45. The molecule has 2 N–H and O–H groups in total. The minimum atomic E-state index is -1.06. The van der Waals surface area contributed by atoms with Gasteiger partial charge in [-0.2, -0.15) is 0 Å². The molecule has 2 fully saturated rings. The summed E-state index contributed by atoms with van der Waals surface area (Å²) in [4.78, 5) is 0. The summed E-state index contributed by atoms with van der Waals surface area (Å²) in [7, 11) is 0. The number of aliphatic hydroxyl groups is 2. The van der Waals surface area contributed by atoms with Crippen molar-refractivity contribution in [2.75, 3.05) is 13.2 Å². The summed E-state index contributed by atoms with van der Waals surface area (Å²) in [6.45, 7) is 7.58. The van der Waals surface area contributed by atoms with E-state index in [-0.39, 0.29) is 13.2 Å². The Labute approximate surface area is 107 Å². The van der Waals surface area contributed by atoms with E-state index in [2.05, 4.69) is 0 Å². The van der Waals surface area contributed by atoms with E-state index in [1.54, 1.807) is 27.7 Å². The minimum absolute atomic E-state index is 0.252. The van der Waals surface area contributed by atoms with Crippen LogP contribution in [0.4, 0.5) is 0 Å². The first-order valence-corrected chi connectivity index (χ1v) is 6.20. The number of hydrogen-bond donors (Lipinski definition) is 2. The van der Waals surface area contributed by atoms with Gasteiger partial charge in [0.15, 0.2) is 11.6 Å². The lowest BCUT2D eigenvalue weighted by molar-refractivity contribution is -0.183. The van der Waals surface area contributed by atoms with Crippen molar-refractivity contribution in [3.63, 3.8) is 0 Å². The SMILES string of the molecule is CC1(C)OC[C@@H]([C@H](O)[C@@H](O)[C@@H]2COC(C)(C)O2)O1. The maximum absolute atomic E-state index is 10.1. The van der Waals surface area contributed by atoms with Crippen molar-refractivity contribution in [3.8, 4) is 0 Å². The molecule has 0 spiro atoms. The van der Waals surface area contributed by atoms with Gasteiger partial charge in [-0.05, 0) is 27.7 Å². The third kappa shape index (κ3) is 3.01. The summed E-state index contributed by atoms with van der Waals surface area (Å²) >= 11 is 0. The highest BCUT2D eigenvalue weighted by molar-refractivity contribution is 4.88. The summed E-state index contributed by atoms with van der Waals surface area (Å²) < 4.78 is 21.8. The highest BCUT2D eigenvalue weighted by Crippen LogP contribution is 2.29. The molecule has 0 aliphatic carbocycles. The summed E-state index contributed by atoms with van der Waals surface area (Å²) in [6.07, 6.45) is -3.23. The van der Waals surface area contributed by atoms with Crippen LogP contribution in [-0.4, -0.2) is 59.4 Å². The fraction of sp³-hybridized carbons (Fsp3) is 1.00. The van der Waals surface area contributed by atoms with Gasteiger partial charge in [0.25, 0.3) is 0 Å². The van der Waals surface area contributed by atoms with Crippen molar-refractivity contribution in [1.29, 1.82) is 0 Å². The predicted octanol–water partition coefficient (Wildman–Crippen LogP) is 0.0112. The minimum Gasteiger partial charge on any atom is -0.387 e. The van der Waals surface area contributed by atoms with Gasteiger partial charge >= 0.3 is 0 Å². The van der Waals surface area contributed by atoms with E-state index in [0.29, 0.717) is 0 Å². The Morgan fingerprint density at radius 2 is 1.17 bits per heavy atom. The van der Waals surface area contributed by atoms with Gasteiger partial charge in [0, 0.05) is 0 Å². The molecule has 0 saturated carbocycles. The van der Waals surface area contributed by atoms with E-state index in [0.717, 1.165) is 0 Å². The summed E-state index contributed by atoms with van der Waals surface area (Å²) in [6, 6.07) is 0. The second-order valence-corrected chi connectivity index (χ2v) is 5.72. The number of ether oxygens (including phenoxy) is 4. The van der Waals surface area contributed by atoms with Gasteiger partial charge < -0.3 is 29.2 Å². The van der Waals surface area contributed by atoms with Crippen LogP contribution in [0.15, 0.2) is 0 Å². The lowest BCUT2D eigenvalue weighted by Crippen LogP contribution is -2.47. The molecule has 0 aromatic rings.